The van der Waals surface area contributed by atoms with Gasteiger partial charge >= 0.3 is 5.30 Å². The van der Waals surface area contributed by atoms with E-state index in [1.807, 2.05) is 0 Å². The van der Waals surface area contributed by atoms with Crippen molar-refractivity contribution < 1.29 is 22.7 Å². The molecule has 0 radical (unpaired) electrons. The van der Waals surface area contributed by atoms with Gasteiger partial charge in [-0.1, -0.05) is 12.1 Å². The maximum atomic E-state index is 12.1. The molecule has 26 heavy (non-hydrogen) atoms. The minimum Gasteiger partial charge on any atom is -0.455 e. The maximum absolute atomic E-state index is 12.1. The zero-order chi connectivity index (χ0) is 19.3. The smallest absolute Gasteiger partial charge is 0.374 e. The Bertz CT molecular complexity index is 892. The van der Waals surface area contributed by atoms with E-state index in [-0.39, 0.29) is 23.2 Å². The molecule has 2 aromatic rings. The topological polar surface area (TPSA) is 128 Å². The van der Waals surface area contributed by atoms with Gasteiger partial charge in [-0.3, -0.25) is 4.79 Å². The predicted molar refractivity (Wildman–Crippen MR) is 98.6 cm³/mol. The number of rotatable bonds is 6. The molecule has 0 aliphatic heterocycles. The Morgan fingerprint density at radius 1 is 1.31 bits per heavy atom. The Morgan fingerprint density at radius 2 is 1.96 bits per heavy atom. The fourth-order valence-electron chi connectivity index (χ4n) is 1.77. The molecule has 1 aromatic carbocycles. The lowest BCUT2D eigenvalue weighted by molar-refractivity contribution is 0.0946. The van der Waals surface area contributed by atoms with Crippen molar-refractivity contribution in [3.63, 3.8) is 0 Å². The Hall–Kier alpha value is -1.95. The van der Waals surface area contributed by atoms with Gasteiger partial charge in [-0.2, -0.15) is 0 Å². The van der Waals surface area contributed by atoms with Crippen LogP contribution in [0.2, 0.25) is 0 Å². The summed E-state index contributed by atoms with van der Waals surface area (Å²) < 4.78 is 27.8. The number of nitrogens with one attached hydrogen (secondary N) is 1. The summed E-state index contributed by atoms with van der Waals surface area (Å²) >= 11 is 2.00. The minimum atomic E-state index is -3.74. The van der Waals surface area contributed by atoms with Gasteiger partial charge in [0.1, 0.15) is 5.69 Å². The van der Waals surface area contributed by atoms with Crippen molar-refractivity contribution in [3.8, 4) is 0 Å². The number of primary sulfonamides is 1. The molecule has 0 saturated heterocycles. The van der Waals surface area contributed by atoms with E-state index >= 15 is 0 Å². The van der Waals surface area contributed by atoms with Crippen LogP contribution in [-0.2, 0) is 21.3 Å². The summed E-state index contributed by atoms with van der Waals surface area (Å²) in [5.74, 6) is -0.402. The first-order valence-electron chi connectivity index (χ1n) is 7.39. The van der Waals surface area contributed by atoms with Gasteiger partial charge in [0.15, 0.2) is 4.34 Å². The van der Waals surface area contributed by atoms with Gasteiger partial charge in [0.2, 0.25) is 10.0 Å². The molecule has 2 rings (SSSR count). The van der Waals surface area contributed by atoms with Gasteiger partial charge in [0.25, 0.3) is 5.91 Å². The molecule has 0 unspecified atom stereocenters. The van der Waals surface area contributed by atoms with Crippen LogP contribution in [0.25, 0.3) is 0 Å². The van der Waals surface area contributed by atoms with Gasteiger partial charge in [0.05, 0.1) is 11.0 Å². The summed E-state index contributed by atoms with van der Waals surface area (Å²) in [7, 11) is -3.74. The molecule has 3 N–H and O–H groups in total. The molecule has 0 bridgehead atoms. The van der Waals surface area contributed by atoms with Crippen molar-refractivity contribution in [3.05, 3.63) is 40.9 Å². The van der Waals surface area contributed by atoms with Crippen LogP contribution in [0.1, 0.15) is 29.9 Å². The standard InChI is InChI=1S/C15H17N3O5S3/c1-9(2)23-15(20)25-14-18-12(8-24-14)13(19)17-7-10-3-5-11(6-4-10)26(16,21)22/h3-6,8-9H,7H2,1-2H3,(H,17,19)(H2,16,21,22). The van der Waals surface area contributed by atoms with Gasteiger partial charge in [-0.15, -0.1) is 11.3 Å². The largest absolute Gasteiger partial charge is 0.455 e. The van der Waals surface area contributed by atoms with Gasteiger partial charge < -0.3 is 10.1 Å². The van der Waals surface area contributed by atoms with Crippen molar-refractivity contribution in [1.82, 2.24) is 10.3 Å². The Labute approximate surface area is 159 Å². The number of nitrogens with zero attached hydrogens (tertiary/aromatic N) is 1. The van der Waals surface area contributed by atoms with Crippen LogP contribution in [-0.4, -0.2) is 30.7 Å². The van der Waals surface area contributed by atoms with E-state index in [1.54, 1.807) is 31.4 Å². The van der Waals surface area contributed by atoms with Crippen molar-refractivity contribution >= 4 is 44.3 Å². The quantitative estimate of drug-likeness (QED) is 0.547. The molecule has 1 amide bonds. The Kier molecular flexibility index (Phi) is 6.75. The molecule has 8 nitrogen and oxygen atoms in total. The summed E-state index contributed by atoms with van der Waals surface area (Å²) in [5, 5.41) is 8.77. The van der Waals surface area contributed by atoms with Gasteiger partial charge in [0, 0.05) is 23.7 Å². The Morgan fingerprint density at radius 3 is 2.54 bits per heavy atom. The lowest BCUT2D eigenvalue weighted by Gasteiger charge is -2.05. The second-order valence-electron chi connectivity index (χ2n) is 5.39. The molecule has 0 aliphatic carbocycles. The van der Waals surface area contributed by atoms with Crippen molar-refractivity contribution in [2.24, 2.45) is 5.14 Å². The summed E-state index contributed by atoms with van der Waals surface area (Å²) in [6.07, 6.45) is -0.224. The number of ether oxygens (including phenoxy) is 1. The number of sulfonamides is 1. The molecule has 0 saturated carbocycles. The monoisotopic (exact) mass is 415 g/mol. The highest BCUT2D eigenvalue weighted by molar-refractivity contribution is 8.14. The molecule has 1 heterocycles. The number of thiazole rings is 1. The second kappa shape index (κ2) is 8.62. The molecular formula is C15H17N3O5S3. The zero-order valence-electron chi connectivity index (χ0n) is 14.0. The molecule has 0 spiro atoms. The number of hydrogen-bond acceptors (Lipinski definition) is 8. The third kappa shape index (κ3) is 6.09. The predicted octanol–water partition coefficient (Wildman–Crippen LogP) is 2.36. The van der Waals surface area contributed by atoms with Crippen LogP contribution in [0.3, 0.4) is 0 Å². The number of carbonyl (C=O) groups is 2. The first-order valence-corrected chi connectivity index (χ1v) is 10.6. The summed E-state index contributed by atoms with van der Waals surface area (Å²) in [6.45, 7) is 3.68. The zero-order valence-corrected chi connectivity index (χ0v) is 16.4. The van der Waals surface area contributed by atoms with Crippen LogP contribution in [0.4, 0.5) is 4.79 Å². The van der Waals surface area contributed by atoms with E-state index < -0.39 is 21.2 Å². The Balaban J connectivity index is 1.91. The molecule has 1 aromatic heterocycles. The fraction of sp³-hybridized carbons (Fsp3) is 0.267. The highest BCUT2D eigenvalue weighted by Gasteiger charge is 2.15. The van der Waals surface area contributed by atoms with Crippen LogP contribution in [0.5, 0.6) is 0 Å². The van der Waals surface area contributed by atoms with Gasteiger partial charge in [-0.25, -0.2) is 23.3 Å². The average molecular weight is 416 g/mol. The summed E-state index contributed by atoms with van der Waals surface area (Å²) in [4.78, 5) is 27.8. The molecule has 0 atom stereocenters. The van der Waals surface area contributed by atoms with Crippen molar-refractivity contribution in [1.29, 1.82) is 0 Å². The van der Waals surface area contributed by atoms with E-state index in [9.17, 15) is 18.0 Å². The molecule has 0 fully saturated rings. The van der Waals surface area contributed by atoms with Crippen LogP contribution in [0.15, 0.2) is 38.9 Å². The van der Waals surface area contributed by atoms with E-state index in [2.05, 4.69) is 10.3 Å². The maximum Gasteiger partial charge on any atom is 0.374 e. The average Bonchev–Trinajstić information content (AvgIpc) is 2.99. The van der Waals surface area contributed by atoms with Crippen molar-refractivity contribution in [2.75, 3.05) is 0 Å². The first kappa shape index (κ1) is 20.4. The third-order valence-electron chi connectivity index (χ3n) is 2.92. The van der Waals surface area contributed by atoms with Crippen LogP contribution >= 0.6 is 23.1 Å². The van der Waals surface area contributed by atoms with E-state index in [0.717, 1.165) is 11.8 Å². The van der Waals surface area contributed by atoms with Crippen LogP contribution in [0, 0.1) is 0 Å². The SMILES string of the molecule is CC(C)OC(=O)Sc1nc(C(=O)NCc2ccc(S(N)(=O)=O)cc2)cs1. The van der Waals surface area contributed by atoms with Crippen molar-refractivity contribution in [2.45, 2.75) is 35.7 Å². The highest BCUT2D eigenvalue weighted by atomic mass is 32.2. The molecule has 11 heteroatoms. The number of nitrogens with two attached hydrogens (primary N) is 1. The van der Waals surface area contributed by atoms with Gasteiger partial charge in [-0.05, 0) is 31.5 Å². The number of benzene rings is 1. The minimum absolute atomic E-state index is 0.00188. The fourth-order valence-corrected chi connectivity index (χ4v) is 3.87. The van der Waals surface area contributed by atoms with E-state index in [0.29, 0.717) is 9.90 Å². The molecule has 0 aliphatic rings. The van der Waals surface area contributed by atoms with E-state index in [1.165, 1.54) is 23.5 Å². The first-order chi connectivity index (χ1) is 12.1. The molecule has 140 valence electrons. The van der Waals surface area contributed by atoms with Crippen LogP contribution < -0.4 is 10.5 Å². The summed E-state index contributed by atoms with van der Waals surface area (Å²) in [6, 6.07) is 5.86. The number of hydrogen-bond donors (Lipinski definition) is 2. The second-order valence-corrected chi connectivity index (χ2v) is 8.99. The number of amides is 1. The lowest BCUT2D eigenvalue weighted by atomic mass is 10.2. The number of thioether (sulfide) groups is 1. The highest BCUT2D eigenvalue weighted by Crippen LogP contribution is 2.25. The molecular weight excluding hydrogens is 398 g/mol. The van der Waals surface area contributed by atoms with E-state index in [4.69, 9.17) is 9.88 Å². The normalized spacial score (nSPS) is 11.4. The lowest BCUT2D eigenvalue weighted by Crippen LogP contribution is -2.23. The summed E-state index contributed by atoms with van der Waals surface area (Å²) in [5.41, 5.74) is 0.895. The third-order valence-corrected chi connectivity index (χ3v) is 5.55. The number of carbonyl (C=O) groups excluding carboxylic acids is 2. The number of aromatic nitrogens is 1.